The first kappa shape index (κ1) is 14.3. The Morgan fingerprint density at radius 3 is 2.85 bits per heavy atom. The zero-order valence-corrected chi connectivity index (χ0v) is 11.4. The van der Waals surface area contributed by atoms with Gasteiger partial charge >= 0.3 is 0 Å². The maximum atomic E-state index is 12.1. The van der Waals surface area contributed by atoms with Gasteiger partial charge in [-0.1, -0.05) is 6.92 Å². The molecular formula is C14H18N2O4. The molecule has 1 fully saturated rings. The number of amides is 2. The van der Waals surface area contributed by atoms with E-state index >= 15 is 0 Å². The molecule has 1 aliphatic heterocycles. The molecular weight excluding hydrogens is 260 g/mol. The van der Waals surface area contributed by atoms with E-state index in [0.29, 0.717) is 19.4 Å². The molecule has 0 bridgehead atoms. The van der Waals surface area contributed by atoms with Gasteiger partial charge in [-0.05, 0) is 25.0 Å². The lowest BCUT2D eigenvalue weighted by Crippen LogP contribution is -2.48. The molecule has 0 spiro atoms. The first-order chi connectivity index (χ1) is 9.63. The van der Waals surface area contributed by atoms with E-state index in [1.165, 1.54) is 6.26 Å². The van der Waals surface area contributed by atoms with Gasteiger partial charge in [0.15, 0.2) is 5.76 Å². The van der Waals surface area contributed by atoms with Crippen LogP contribution in [0.1, 0.15) is 36.7 Å². The van der Waals surface area contributed by atoms with Crippen molar-refractivity contribution in [1.82, 2.24) is 10.2 Å². The van der Waals surface area contributed by atoms with E-state index in [4.69, 9.17) is 4.42 Å². The summed E-state index contributed by atoms with van der Waals surface area (Å²) in [5.74, 6) is -0.353. The Labute approximate surface area is 117 Å². The number of ketones is 1. The lowest BCUT2D eigenvalue weighted by molar-refractivity contribution is -0.137. The molecule has 1 saturated heterocycles. The van der Waals surface area contributed by atoms with Gasteiger partial charge < -0.3 is 14.6 Å². The zero-order valence-electron chi connectivity index (χ0n) is 11.4. The summed E-state index contributed by atoms with van der Waals surface area (Å²) in [5.41, 5.74) is 0. The second-order valence-electron chi connectivity index (χ2n) is 4.73. The Balaban J connectivity index is 1.89. The first-order valence-electron chi connectivity index (χ1n) is 6.77. The third-order valence-corrected chi connectivity index (χ3v) is 3.39. The molecule has 2 rings (SSSR count). The number of Topliss-reactive ketones (excluding diaryl/α,β-unsaturated/α-hetero) is 1. The topological polar surface area (TPSA) is 79.6 Å². The van der Waals surface area contributed by atoms with Gasteiger partial charge in [0.05, 0.1) is 12.8 Å². The fourth-order valence-corrected chi connectivity index (χ4v) is 2.36. The quantitative estimate of drug-likeness (QED) is 0.787. The predicted octanol–water partition coefficient (Wildman–Crippen LogP) is 0.980. The summed E-state index contributed by atoms with van der Waals surface area (Å²) in [6.45, 7) is 2.34. The molecule has 0 saturated carbocycles. The minimum Gasteiger partial charge on any atom is -0.461 e. The van der Waals surface area contributed by atoms with Gasteiger partial charge in [-0.3, -0.25) is 14.4 Å². The van der Waals surface area contributed by atoms with Crippen molar-refractivity contribution in [1.29, 1.82) is 0 Å². The Morgan fingerprint density at radius 2 is 2.30 bits per heavy atom. The largest absolute Gasteiger partial charge is 0.461 e. The fourth-order valence-electron chi connectivity index (χ4n) is 2.36. The number of hydrogen-bond donors (Lipinski definition) is 1. The van der Waals surface area contributed by atoms with Crippen LogP contribution in [0.2, 0.25) is 0 Å². The normalized spacial score (nSPS) is 16.2. The van der Waals surface area contributed by atoms with E-state index < -0.39 is 6.04 Å². The van der Waals surface area contributed by atoms with Gasteiger partial charge in [0.1, 0.15) is 6.04 Å². The van der Waals surface area contributed by atoms with Crippen molar-refractivity contribution in [2.24, 2.45) is 0 Å². The van der Waals surface area contributed by atoms with Crippen molar-refractivity contribution in [3.63, 3.8) is 0 Å². The number of carbonyl (C=O) groups excluding carboxylic acids is 3. The van der Waals surface area contributed by atoms with Gasteiger partial charge in [0.2, 0.25) is 17.6 Å². The lowest BCUT2D eigenvalue weighted by Gasteiger charge is -2.25. The van der Waals surface area contributed by atoms with Crippen LogP contribution in [0.15, 0.2) is 22.8 Å². The number of carbonyl (C=O) groups is 3. The van der Waals surface area contributed by atoms with Crippen LogP contribution in [0.5, 0.6) is 0 Å². The summed E-state index contributed by atoms with van der Waals surface area (Å²) in [7, 11) is 0. The van der Waals surface area contributed by atoms with Crippen LogP contribution in [0.25, 0.3) is 0 Å². The molecule has 2 amide bonds. The molecule has 1 atom stereocenters. The standard InChI is InChI=1S/C14H18N2O4/c1-2-10(16-7-3-6-13(16)18)14(19)15-9-11(17)12-5-4-8-20-12/h4-5,8,10H,2-3,6-7,9H2,1H3,(H,15,19)/t10-/m0/s1. The fraction of sp³-hybridized carbons (Fsp3) is 0.500. The summed E-state index contributed by atoms with van der Waals surface area (Å²) in [5, 5.41) is 2.58. The Bertz CT molecular complexity index is 495. The average Bonchev–Trinajstić information content (AvgIpc) is 3.09. The monoisotopic (exact) mass is 278 g/mol. The van der Waals surface area contributed by atoms with E-state index in [-0.39, 0.29) is 29.9 Å². The average molecular weight is 278 g/mol. The Kier molecular flexibility index (Phi) is 4.55. The van der Waals surface area contributed by atoms with Gasteiger partial charge in [-0.2, -0.15) is 0 Å². The third-order valence-electron chi connectivity index (χ3n) is 3.39. The molecule has 108 valence electrons. The molecule has 0 unspecified atom stereocenters. The number of furan rings is 1. The summed E-state index contributed by atoms with van der Waals surface area (Å²) >= 11 is 0. The molecule has 6 nitrogen and oxygen atoms in total. The molecule has 1 aliphatic rings. The van der Waals surface area contributed by atoms with Crippen LogP contribution < -0.4 is 5.32 Å². The maximum absolute atomic E-state index is 12.1. The molecule has 2 heterocycles. The highest BCUT2D eigenvalue weighted by Crippen LogP contribution is 2.15. The van der Waals surface area contributed by atoms with Gasteiger partial charge in [0.25, 0.3) is 0 Å². The predicted molar refractivity (Wildman–Crippen MR) is 71.1 cm³/mol. The van der Waals surface area contributed by atoms with Crippen LogP contribution in [-0.2, 0) is 9.59 Å². The van der Waals surface area contributed by atoms with Crippen LogP contribution in [0.4, 0.5) is 0 Å². The maximum Gasteiger partial charge on any atom is 0.243 e. The number of nitrogens with zero attached hydrogens (tertiary/aromatic N) is 1. The summed E-state index contributed by atoms with van der Waals surface area (Å²) in [6, 6.07) is 2.68. The van der Waals surface area contributed by atoms with Crippen LogP contribution in [0.3, 0.4) is 0 Å². The second-order valence-corrected chi connectivity index (χ2v) is 4.73. The molecule has 0 radical (unpaired) electrons. The first-order valence-corrected chi connectivity index (χ1v) is 6.77. The molecule has 1 aromatic heterocycles. The van der Waals surface area contributed by atoms with Crippen LogP contribution in [0, 0.1) is 0 Å². The van der Waals surface area contributed by atoms with Crippen molar-refractivity contribution in [2.45, 2.75) is 32.2 Å². The number of likely N-dealkylation sites (tertiary alicyclic amines) is 1. The summed E-state index contributed by atoms with van der Waals surface area (Å²) in [6.07, 6.45) is 3.22. The smallest absolute Gasteiger partial charge is 0.243 e. The van der Waals surface area contributed by atoms with E-state index in [0.717, 1.165) is 6.42 Å². The number of hydrogen-bond acceptors (Lipinski definition) is 4. The molecule has 0 aromatic carbocycles. The van der Waals surface area contributed by atoms with E-state index in [1.807, 2.05) is 6.92 Å². The highest BCUT2D eigenvalue weighted by Gasteiger charge is 2.31. The zero-order chi connectivity index (χ0) is 14.5. The highest BCUT2D eigenvalue weighted by atomic mass is 16.3. The molecule has 6 heteroatoms. The highest BCUT2D eigenvalue weighted by molar-refractivity contribution is 5.98. The van der Waals surface area contributed by atoms with E-state index in [9.17, 15) is 14.4 Å². The SMILES string of the molecule is CC[C@@H](C(=O)NCC(=O)c1ccco1)N1CCCC1=O. The number of rotatable bonds is 6. The van der Waals surface area contributed by atoms with Gasteiger partial charge in [-0.15, -0.1) is 0 Å². The van der Waals surface area contributed by atoms with Crippen molar-refractivity contribution >= 4 is 17.6 Å². The third kappa shape index (κ3) is 3.07. The second kappa shape index (κ2) is 6.36. The van der Waals surface area contributed by atoms with Gasteiger partial charge in [0, 0.05) is 13.0 Å². The Hall–Kier alpha value is -2.11. The van der Waals surface area contributed by atoms with Crippen molar-refractivity contribution < 1.29 is 18.8 Å². The summed E-state index contributed by atoms with van der Waals surface area (Å²) < 4.78 is 4.97. The molecule has 20 heavy (non-hydrogen) atoms. The molecule has 0 aliphatic carbocycles. The lowest BCUT2D eigenvalue weighted by atomic mass is 10.1. The van der Waals surface area contributed by atoms with Crippen molar-refractivity contribution in [2.75, 3.05) is 13.1 Å². The van der Waals surface area contributed by atoms with Crippen molar-refractivity contribution in [3.05, 3.63) is 24.2 Å². The van der Waals surface area contributed by atoms with E-state index in [1.54, 1.807) is 17.0 Å². The van der Waals surface area contributed by atoms with Crippen molar-refractivity contribution in [3.8, 4) is 0 Å². The van der Waals surface area contributed by atoms with Crippen LogP contribution in [-0.4, -0.2) is 41.6 Å². The molecule has 1 aromatic rings. The minimum absolute atomic E-state index is 0.00404. The van der Waals surface area contributed by atoms with E-state index in [2.05, 4.69) is 5.32 Å². The summed E-state index contributed by atoms with van der Waals surface area (Å²) in [4.78, 5) is 37.1. The van der Waals surface area contributed by atoms with Gasteiger partial charge in [-0.25, -0.2) is 0 Å². The Morgan fingerprint density at radius 1 is 1.50 bits per heavy atom. The van der Waals surface area contributed by atoms with Crippen LogP contribution >= 0.6 is 0 Å². The minimum atomic E-state index is -0.491. The molecule has 1 N–H and O–H groups in total. The number of nitrogens with one attached hydrogen (secondary N) is 1.